The molecule has 3 rings (SSSR count). The molecule has 1 aliphatic rings. The number of rotatable bonds is 8. The minimum Gasteiger partial charge on any atom is -0.495 e. The van der Waals surface area contributed by atoms with Crippen molar-refractivity contribution >= 4 is 11.6 Å². The number of hydrogen-bond donors (Lipinski definition) is 2. The lowest BCUT2D eigenvalue weighted by Gasteiger charge is -2.22. The summed E-state index contributed by atoms with van der Waals surface area (Å²) in [7, 11) is 3.51. The van der Waals surface area contributed by atoms with E-state index >= 15 is 0 Å². The molecule has 0 radical (unpaired) electrons. The molecular formula is C22H33N5O2. The van der Waals surface area contributed by atoms with Crippen LogP contribution in [-0.2, 0) is 6.54 Å². The second-order valence-electron chi connectivity index (χ2n) is 7.41. The van der Waals surface area contributed by atoms with Gasteiger partial charge in [-0.25, -0.2) is 0 Å². The van der Waals surface area contributed by atoms with E-state index in [1.807, 2.05) is 18.2 Å². The van der Waals surface area contributed by atoms with Gasteiger partial charge in [-0.05, 0) is 31.4 Å². The van der Waals surface area contributed by atoms with Gasteiger partial charge in [0.05, 0.1) is 25.0 Å². The van der Waals surface area contributed by atoms with E-state index in [4.69, 9.17) is 9.26 Å². The van der Waals surface area contributed by atoms with Gasteiger partial charge in [0.15, 0.2) is 11.7 Å². The molecule has 2 aromatic rings. The van der Waals surface area contributed by atoms with Crippen LogP contribution in [0.1, 0.15) is 50.5 Å². The molecule has 1 fully saturated rings. The summed E-state index contributed by atoms with van der Waals surface area (Å²) in [6.07, 6.45) is 3.19. The maximum Gasteiger partial charge on any atom is 0.191 e. The van der Waals surface area contributed by atoms with Crippen LogP contribution in [-0.4, -0.2) is 44.4 Å². The highest BCUT2D eigenvalue weighted by Crippen LogP contribution is 2.30. The zero-order valence-corrected chi connectivity index (χ0v) is 17.9. The number of anilines is 1. The fourth-order valence-electron chi connectivity index (χ4n) is 3.86. The van der Waals surface area contributed by atoms with Crippen molar-refractivity contribution in [3.05, 3.63) is 41.8 Å². The zero-order valence-electron chi connectivity index (χ0n) is 17.9. The first-order valence-electron chi connectivity index (χ1n) is 10.5. The number of guanidine groups is 1. The lowest BCUT2D eigenvalue weighted by atomic mass is 9.99. The summed E-state index contributed by atoms with van der Waals surface area (Å²) < 4.78 is 11.0. The van der Waals surface area contributed by atoms with Crippen molar-refractivity contribution in [2.75, 3.05) is 32.1 Å². The number of nitrogens with one attached hydrogen (secondary N) is 2. The largest absolute Gasteiger partial charge is 0.495 e. The van der Waals surface area contributed by atoms with Crippen molar-refractivity contribution in [3.63, 3.8) is 0 Å². The lowest BCUT2D eigenvalue weighted by Crippen LogP contribution is -2.44. The van der Waals surface area contributed by atoms with Gasteiger partial charge in [-0.3, -0.25) is 4.99 Å². The van der Waals surface area contributed by atoms with Crippen LogP contribution in [0, 0.1) is 0 Å². The van der Waals surface area contributed by atoms with E-state index < -0.39 is 0 Å². The van der Waals surface area contributed by atoms with Crippen molar-refractivity contribution in [1.82, 2.24) is 15.8 Å². The summed E-state index contributed by atoms with van der Waals surface area (Å²) in [6.45, 7) is 6.82. The Morgan fingerprint density at radius 2 is 2.14 bits per heavy atom. The van der Waals surface area contributed by atoms with E-state index in [0.717, 1.165) is 61.2 Å². The highest BCUT2D eigenvalue weighted by Gasteiger charge is 2.25. The first-order chi connectivity index (χ1) is 14.2. The molecule has 7 heteroatoms. The molecule has 2 N–H and O–H groups in total. The van der Waals surface area contributed by atoms with Crippen LogP contribution in [0.3, 0.4) is 0 Å². The number of nitrogens with zero attached hydrogens (tertiary/aromatic N) is 3. The van der Waals surface area contributed by atoms with E-state index in [0.29, 0.717) is 18.5 Å². The molecule has 1 saturated heterocycles. The molecular weight excluding hydrogens is 366 g/mol. The molecule has 1 unspecified atom stereocenters. The van der Waals surface area contributed by atoms with Crippen molar-refractivity contribution < 1.29 is 9.26 Å². The second kappa shape index (κ2) is 10.2. The van der Waals surface area contributed by atoms with E-state index in [-0.39, 0.29) is 0 Å². The van der Waals surface area contributed by atoms with Crippen molar-refractivity contribution in [3.8, 4) is 5.75 Å². The minimum absolute atomic E-state index is 0.320. The fraction of sp³-hybridized carbons (Fsp3) is 0.545. The standard InChI is InChI=1S/C22H33N5O2/c1-5-16(6-2)19-13-18(29-26-19)14-24-22(23-3)25-17-11-12-27(15-17)20-9-7-8-10-21(20)28-4/h7-10,13,16-17H,5-6,11-12,14-15H2,1-4H3,(H2,23,24,25). The van der Waals surface area contributed by atoms with Crippen LogP contribution in [0.25, 0.3) is 0 Å². The van der Waals surface area contributed by atoms with Gasteiger partial charge >= 0.3 is 0 Å². The van der Waals surface area contributed by atoms with Gasteiger partial charge in [-0.15, -0.1) is 0 Å². The Hall–Kier alpha value is -2.70. The Bertz CT molecular complexity index is 800. The molecule has 0 amide bonds. The highest BCUT2D eigenvalue weighted by molar-refractivity contribution is 5.80. The summed E-state index contributed by atoms with van der Waals surface area (Å²) in [5.41, 5.74) is 2.18. The Morgan fingerprint density at radius 3 is 2.86 bits per heavy atom. The van der Waals surface area contributed by atoms with Gasteiger partial charge in [-0.1, -0.05) is 31.1 Å². The van der Waals surface area contributed by atoms with E-state index in [1.165, 1.54) is 0 Å². The smallest absolute Gasteiger partial charge is 0.191 e. The molecule has 1 aliphatic heterocycles. The van der Waals surface area contributed by atoms with Gasteiger partial charge < -0.3 is 24.8 Å². The maximum atomic E-state index is 5.50. The first-order valence-corrected chi connectivity index (χ1v) is 10.5. The average molecular weight is 400 g/mol. The number of para-hydroxylation sites is 2. The van der Waals surface area contributed by atoms with Gasteiger partial charge in [0.2, 0.25) is 0 Å². The molecule has 0 bridgehead atoms. The quantitative estimate of drug-likeness (QED) is 0.522. The number of aromatic nitrogens is 1. The molecule has 0 saturated carbocycles. The normalized spacial score (nSPS) is 17.1. The predicted octanol–water partition coefficient (Wildman–Crippen LogP) is 3.53. The van der Waals surface area contributed by atoms with E-state index in [1.54, 1.807) is 14.2 Å². The van der Waals surface area contributed by atoms with Crippen LogP contribution in [0.5, 0.6) is 5.75 Å². The monoisotopic (exact) mass is 399 g/mol. The Balaban J connectivity index is 1.52. The third kappa shape index (κ3) is 5.22. The van der Waals surface area contributed by atoms with Crippen molar-refractivity contribution in [2.45, 2.75) is 51.6 Å². The van der Waals surface area contributed by atoms with Crippen LogP contribution in [0.15, 0.2) is 39.8 Å². The van der Waals surface area contributed by atoms with Crippen molar-refractivity contribution in [1.29, 1.82) is 0 Å². The molecule has 1 atom stereocenters. The minimum atomic E-state index is 0.320. The SMILES string of the molecule is CCC(CC)c1cc(CNC(=NC)NC2CCN(c3ccccc3OC)C2)on1. The topological polar surface area (TPSA) is 74.9 Å². The Morgan fingerprint density at radius 1 is 1.34 bits per heavy atom. The summed E-state index contributed by atoms with van der Waals surface area (Å²) in [6, 6.07) is 10.5. The van der Waals surface area contributed by atoms with Crippen molar-refractivity contribution in [2.24, 2.45) is 4.99 Å². The third-order valence-corrected chi connectivity index (χ3v) is 5.59. The van der Waals surface area contributed by atoms with Gasteiger partial charge in [0, 0.05) is 38.2 Å². The maximum absolute atomic E-state index is 5.50. The number of ether oxygens (including phenoxy) is 1. The number of hydrogen-bond acceptors (Lipinski definition) is 5. The molecule has 1 aromatic carbocycles. The fourth-order valence-corrected chi connectivity index (χ4v) is 3.86. The zero-order chi connectivity index (χ0) is 20.6. The van der Waals surface area contributed by atoms with Gasteiger partial charge in [0.1, 0.15) is 5.75 Å². The summed E-state index contributed by atoms with van der Waals surface area (Å²) in [4.78, 5) is 6.71. The average Bonchev–Trinajstić information content (AvgIpc) is 3.42. The molecule has 158 valence electrons. The van der Waals surface area contributed by atoms with Crippen LogP contribution >= 0.6 is 0 Å². The van der Waals surface area contributed by atoms with E-state index in [9.17, 15) is 0 Å². The molecule has 7 nitrogen and oxygen atoms in total. The third-order valence-electron chi connectivity index (χ3n) is 5.59. The molecule has 29 heavy (non-hydrogen) atoms. The van der Waals surface area contributed by atoms with Crippen LogP contribution in [0.4, 0.5) is 5.69 Å². The molecule has 2 heterocycles. The Kier molecular flexibility index (Phi) is 7.38. The van der Waals surface area contributed by atoms with Crippen LogP contribution < -0.4 is 20.3 Å². The second-order valence-corrected chi connectivity index (χ2v) is 7.41. The van der Waals surface area contributed by atoms with Crippen LogP contribution in [0.2, 0.25) is 0 Å². The molecule has 1 aromatic heterocycles. The van der Waals surface area contributed by atoms with E-state index in [2.05, 4.69) is 51.7 Å². The van der Waals surface area contributed by atoms with Gasteiger partial charge in [-0.2, -0.15) is 0 Å². The number of aliphatic imine (C=N–C) groups is 1. The number of methoxy groups -OCH3 is 1. The number of benzene rings is 1. The van der Waals surface area contributed by atoms with Gasteiger partial charge in [0.25, 0.3) is 0 Å². The Labute approximate surface area is 173 Å². The first kappa shape index (κ1) is 21.0. The summed E-state index contributed by atoms with van der Waals surface area (Å²) in [5.74, 6) is 2.98. The molecule has 0 aliphatic carbocycles. The predicted molar refractivity (Wildman–Crippen MR) is 117 cm³/mol. The lowest BCUT2D eigenvalue weighted by molar-refractivity contribution is 0.368. The summed E-state index contributed by atoms with van der Waals surface area (Å²) >= 11 is 0. The summed E-state index contributed by atoms with van der Waals surface area (Å²) in [5, 5.41) is 11.1. The molecule has 0 spiro atoms. The highest BCUT2D eigenvalue weighted by atomic mass is 16.5.